The quantitative estimate of drug-likeness (QED) is 0.769. The number of benzene rings is 1. The van der Waals surface area contributed by atoms with Crippen LogP contribution in [0.25, 0.3) is 0 Å². The molecule has 3 rings (SSSR count). The molecule has 132 valence electrons. The van der Waals surface area contributed by atoms with Crippen molar-refractivity contribution >= 4 is 21.6 Å². The predicted octanol–water partition coefficient (Wildman–Crippen LogP) is 1.76. The lowest BCUT2D eigenvalue weighted by molar-refractivity contribution is -0.116. The molecular formula is C17H25N3O3S. The number of aryl methyl sites for hydroxylation is 1. The van der Waals surface area contributed by atoms with Gasteiger partial charge in [-0.15, -0.1) is 0 Å². The highest BCUT2D eigenvalue weighted by molar-refractivity contribution is 7.89. The second-order valence-corrected chi connectivity index (χ2v) is 8.44. The number of rotatable bonds is 4. The van der Waals surface area contributed by atoms with Gasteiger partial charge in [-0.05, 0) is 61.9 Å². The van der Waals surface area contributed by atoms with E-state index in [1.807, 2.05) is 0 Å². The van der Waals surface area contributed by atoms with Gasteiger partial charge in [0.15, 0.2) is 0 Å². The first-order valence-electron chi connectivity index (χ1n) is 8.65. The zero-order chi connectivity index (χ0) is 17.2. The van der Waals surface area contributed by atoms with E-state index < -0.39 is 10.0 Å². The predicted molar refractivity (Wildman–Crippen MR) is 93.1 cm³/mol. The standard InChI is InChI=1S/C17H25N3O3S/c18-11-13-4-1-2-6-16(13)20-24(22,23)14-8-9-15-12(10-14)5-3-7-17(21)19-15/h8-10,13,16,20H,1-7,11,18H2,(H,19,21)/t13-,16-/m0/s1. The van der Waals surface area contributed by atoms with E-state index in [-0.39, 0.29) is 22.8 Å². The van der Waals surface area contributed by atoms with Gasteiger partial charge < -0.3 is 11.1 Å². The Kier molecular flexibility index (Phi) is 5.22. The molecule has 4 N–H and O–H groups in total. The van der Waals surface area contributed by atoms with Crippen molar-refractivity contribution in [2.75, 3.05) is 11.9 Å². The van der Waals surface area contributed by atoms with Crippen molar-refractivity contribution in [1.82, 2.24) is 4.72 Å². The van der Waals surface area contributed by atoms with Crippen LogP contribution in [-0.4, -0.2) is 26.9 Å². The van der Waals surface area contributed by atoms with Crippen LogP contribution < -0.4 is 15.8 Å². The summed E-state index contributed by atoms with van der Waals surface area (Å²) in [5.74, 6) is 0.184. The molecule has 2 atom stereocenters. The molecular weight excluding hydrogens is 326 g/mol. The first-order valence-corrected chi connectivity index (χ1v) is 10.1. The number of carbonyl (C=O) groups is 1. The Morgan fingerprint density at radius 1 is 1.17 bits per heavy atom. The summed E-state index contributed by atoms with van der Waals surface area (Å²) in [6.45, 7) is 0.503. The van der Waals surface area contributed by atoms with Gasteiger partial charge in [-0.2, -0.15) is 0 Å². The zero-order valence-corrected chi connectivity index (χ0v) is 14.6. The fraction of sp³-hybridized carbons (Fsp3) is 0.588. The Morgan fingerprint density at radius 2 is 1.96 bits per heavy atom. The Labute approximate surface area is 143 Å². The van der Waals surface area contributed by atoms with E-state index in [0.29, 0.717) is 25.1 Å². The summed E-state index contributed by atoms with van der Waals surface area (Å²) in [5.41, 5.74) is 7.39. The van der Waals surface area contributed by atoms with Crippen LogP contribution in [0, 0.1) is 5.92 Å². The van der Waals surface area contributed by atoms with Crippen LogP contribution in [0.3, 0.4) is 0 Å². The van der Waals surface area contributed by atoms with E-state index in [1.165, 1.54) is 0 Å². The van der Waals surface area contributed by atoms with Crippen LogP contribution in [-0.2, 0) is 21.2 Å². The molecule has 7 heteroatoms. The number of hydrogen-bond acceptors (Lipinski definition) is 4. The maximum atomic E-state index is 12.8. The van der Waals surface area contributed by atoms with Gasteiger partial charge in [0, 0.05) is 18.2 Å². The minimum absolute atomic E-state index is 0.0181. The molecule has 1 aromatic rings. The lowest BCUT2D eigenvalue weighted by Crippen LogP contribution is -2.44. The van der Waals surface area contributed by atoms with E-state index in [9.17, 15) is 13.2 Å². The summed E-state index contributed by atoms with van der Waals surface area (Å²) < 4.78 is 28.4. The number of anilines is 1. The fourth-order valence-corrected chi connectivity index (χ4v) is 5.02. The van der Waals surface area contributed by atoms with Crippen LogP contribution in [0.15, 0.2) is 23.1 Å². The van der Waals surface area contributed by atoms with E-state index in [1.54, 1.807) is 18.2 Å². The Hall–Kier alpha value is -1.44. The van der Waals surface area contributed by atoms with Crippen molar-refractivity contribution < 1.29 is 13.2 Å². The van der Waals surface area contributed by atoms with Gasteiger partial charge >= 0.3 is 0 Å². The van der Waals surface area contributed by atoms with Crippen LogP contribution in [0.5, 0.6) is 0 Å². The van der Waals surface area contributed by atoms with Gasteiger partial charge in [0.05, 0.1) is 4.90 Å². The molecule has 2 aliphatic rings. The zero-order valence-electron chi connectivity index (χ0n) is 13.8. The molecule has 1 heterocycles. The molecule has 1 aliphatic heterocycles. The number of hydrogen-bond donors (Lipinski definition) is 3. The van der Waals surface area contributed by atoms with Crippen LogP contribution in [0.1, 0.15) is 44.1 Å². The van der Waals surface area contributed by atoms with Crippen LogP contribution in [0.2, 0.25) is 0 Å². The van der Waals surface area contributed by atoms with E-state index >= 15 is 0 Å². The lowest BCUT2D eigenvalue weighted by atomic mass is 9.85. The summed E-state index contributed by atoms with van der Waals surface area (Å²) in [4.78, 5) is 11.9. The normalized spacial score (nSPS) is 24.8. The van der Waals surface area contributed by atoms with Crippen molar-refractivity contribution in [3.05, 3.63) is 23.8 Å². The SMILES string of the molecule is NC[C@@H]1CCCC[C@@H]1NS(=O)(=O)c1ccc2c(c1)CCCC(=O)N2. The maximum absolute atomic E-state index is 12.8. The Morgan fingerprint density at radius 3 is 2.75 bits per heavy atom. The number of nitrogens with one attached hydrogen (secondary N) is 2. The largest absolute Gasteiger partial charge is 0.330 e. The minimum atomic E-state index is -3.58. The van der Waals surface area contributed by atoms with Crippen molar-refractivity contribution in [3.63, 3.8) is 0 Å². The third-order valence-corrected chi connectivity index (χ3v) is 6.52. The highest BCUT2D eigenvalue weighted by Crippen LogP contribution is 2.28. The van der Waals surface area contributed by atoms with Gasteiger partial charge in [0.2, 0.25) is 15.9 Å². The second kappa shape index (κ2) is 7.21. The first-order chi connectivity index (χ1) is 11.5. The molecule has 1 aliphatic carbocycles. The molecule has 24 heavy (non-hydrogen) atoms. The fourth-order valence-electron chi connectivity index (χ4n) is 3.63. The van der Waals surface area contributed by atoms with Gasteiger partial charge in [0.25, 0.3) is 0 Å². The number of sulfonamides is 1. The van der Waals surface area contributed by atoms with Crippen LogP contribution in [0.4, 0.5) is 5.69 Å². The maximum Gasteiger partial charge on any atom is 0.240 e. The smallest absolute Gasteiger partial charge is 0.240 e. The minimum Gasteiger partial charge on any atom is -0.330 e. The summed E-state index contributed by atoms with van der Waals surface area (Å²) in [7, 11) is -3.58. The molecule has 0 spiro atoms. The van der Waals surface area contributed by atoms with Crippen molar-refractivity contribution in [3.8, 4) is 0 Å². The van der Waals surface area contributed by atoms with Gasteiger partial charge in [-0.1, -0.05) is 12.8 Å². The van der Waals surface area contributed by atoms with E-state index in [0.717, 1.165) is 37.7 Å². The molecule has 0 unspecified atom stereocenters. The molecule has 1 saturated carbocycles. The highest BCUT2D eigenvalue weighted by Gasteiger charge is 2.29. The summed E-state index contributed by atoms with van der Waals surface area (Å²) in [5, 5.41) is 2.83. The van der Waals surface area contributed by atoms with Gasteiger partial charge in [-0.3, -0.25) is 4.79 Å². The molecule has 6 nitrogen and oxygen atoms in total. The van der Waals surface area contributed by atoms with Crippen molar-refractivity contribution in [1.29, 1.82) is 0 Å². The molecule has 1 amide bonds. The van der Waals surface area contributed by atoms with Gasteiger partial charge in [0.1, 0.15) is 0 Å². The molecule has 1 aromatic carbocycles. The van der Waals surface area contributed by atoms with Gasteiger partial charge in [-0.25, -0.2) is 13.1 Å². The molecule has 0 saturated heterocycles. The molecule has 0 aromatic heterocycles. The molecule has 0 bridgehead atoms. The highest BCUT2D eigenvalue weighted by atomic mass is 32.2. The third-order valence-electron chi connectivity index (χ3n) is 5.03. The number of amides is 1. The number of fused-ring (bicyclic) bond motifs is 1. The summed E-state index contributed by atoms with van der Waals surface area (Å²) >= 11 is 0. The van der Waals surface area contributed by atoms with Crippen molar-refractivity contribution in [2.45, 2.75) is 55.9 Å². The van der Waals surface area contributed by atoms with E-state index in [2.05, 4.69) is 10.0 Å². The topological polar surface area (TPSA) is 101 Å². The second-order valence-electron chi connectivity index (χ2n) is 6.73. The van der Waals surface area contributed by atoms with E-state index in [4.69, 9.17) is 5.73 Å². The summed E-state index contributed by atoms with van der Waals surface area (Å²) in [6, 6.07) is 4.85. The average Bonchev–Trinajstić information content (AvgIpc) is 2.74. The Balaban J connectivity index is 1.82. The third kappa shape index (κ3) is 3.79. The summed E-state index contributed by atoms with van der Waals surface area (Å²) in [6.07, 6.45) is 5.84. The Bertz CT molecular complexity index is 718. The van der Waals surface area contributed by atoms with Crippen molar-refractivity contribution in [2.24, 2.45) is 11.7 Å². The molecule has 1 fully saturated rings. The number of nitrogens with two attached hydrogens (primary N) is 1. The molecule has 0 radical (unpaired) electrons. The van der Waals surface area contributed by atoms with Crippen LogP contribution >= 0.6 is 0 Å². The average molecular weight is 351 g/mol. The lowest BCUT2D eigenvalue weighted by Gasteiger charge is -2.31. The monoisotopic (exact) mass is 351 g/mol. The first kappa shape index (κ1) is 17.4. The number of carbonyl (C=O) groups excluding carboxylic acids is 1.